The smallest absolute Gasteiger partial charge is 0.281 e. The number of aromatic nitrogens is 5. The maximum absolute atomic E-state index is 13.1. The van der Waals surface area contributed by atoms with Gasteiger partial charge < -0.3 is 16.0 Å². The molecule has 4 rings (SSSR count). The van der Waals surface area contributed by atoms with Gasteiger partial charge in [0.1, 0.15) is 17.2 Å². The third-order valence-corrected chi connectivity index (χ3v) is 4.90. The van der Waals surface area contributed by atoms with Crippen LogP contribution in [0.25, 0.3) is 17.2 Å². The summed E-state index contributed by atoms with van der Waals surface area (Å²) in [5, 5.41) is 7.91. The molecule has 0 fully saturated rings. The molecule has 30 heavy (non-hydrogen) atoms. The van der Waals surface area contributed by atoms with Crippen LogP contribution in [0.2, 0.25) is 0 Å². The second-order valence-corrected chi connectivity index (χ2v) is 6.87. The normalized spacial score (nSPS) is 15.0. The largest absolute Gasteiger partial charge is 0.404 e. The molecule has 1 aliphatic rings. The SMILES string of the molecule is CC(=N)/C(=C\N)C1=CCCN(c2ccnc(-c3cnc4cnc(C(F)F)cn34)n2)C1. The van der Waals surface area contributed by atoms with E-state index in [9.17, 15) is 8.78 Å². The molecule has 4 heterocycles. The number of hydrogen-bond acceptors (Lipinski definition) is 7. The number of imidazole rings is 1. The van der Waals surface area contributed by atoms with Crippen LogP contribution < -0.4 is 10.6 Å². The third-order valence-electron chi connectivity index (χ3n) is 4.90. The zero-order valence-electron chi connectivity index (χ0n) is 16.3. The lowest BCUT2D eigenvalue weighted by Gasteiger charge is -2.29. The molecule has 3 aromatic heterocycles. The Morgan fingerprint density at radius 1 is 1.27 bits per heavy atom. The Kier molecular flexibility index (Phi) is 5.21. The van der Waals surface area contributed by atoms with Crippen molar-refractivity contribution < 1.29 is 8.78 Å². The Balaban J connectivity index is 1.67. The number of hydrogen-bond donors (Lipinski definition) is 2. The van der Waals surface area contributed by atoms with Gasteiger partial charge in [0.15, 0.2) is 11.5 Å². The topological polar surface area (TPSA) is 109 Å². The molecule has 0 spiro atoms. The van der Waals surface area contributed by atoms with E-state index in [2.05, 4.69) is 30.9 Å². The Morgan fingerprint density at radius 2 is 2.10 bits per heavy atom. The fraction of sp³-hybridized carbons (Fsp3) is 0.250. The summed E-state index contributed by atoms with van der Waals surface area (Å²) in [5.41, 5.74) is 8.39. The van der Waals surface area contributed by atoms with Gasteiger partial charge in [-0.25, -0.2) is 28.7 Å². The average Bonchev–Trinajstić information content (AvgIpc) is 3.17. The van der Waals surface area contributed by atoms with E-state index in [1.807, 2.05) is 0 Å². The standard InChI is InChI=1S/C20H20F2N8/c1-12(24)14(7-23)13-3-2-6-29(10-13)17-4-5-25-20(28-17)16-8-27-18-9-26-15(19(21)22)11-30(16)18/h3-5,7-9,11,19,24H,2,6,10,23H2,1H3/b14-7+,24-12?. The Hall–Kier alpha value is -3.69. The highest BCUT2D eigenvalue weighted by atomic mass is 19.3. The van der Waals surface area contributed by atoms with Crippen molar-refractivity contribution in [3.63, 3.8) is 0 Å². The van der Waals surface area contributed by atoms with Gasteiger partial charge in [0.25, 0.3) is 6.43 Å². The van der Waals surface area contributed by atoms with Gasteiger partial charge in [-0.2, -0.15) is 0 Å². The summed E-state index contributed by atoms with van der Waals surface area (Å²) in [7, 11) is 0. The van der Waals surface area contributed by atoms with E-state index in [-0.39, 0.29) is 5.69 Å². The maximum atomic E-state index is 13.1. The molecule has 0 saturated carbocycles. The Bertz CT molecular complexity index is 1160. The average molecular weight is 410 g/mol. The lowest BCUT2D eigenvalue weighted by molar-refractivity contribution is 0.145. The van der Waals surface area contributed by atoms with E-state index >= 15 is 0 Å². The first kappa shape index (κ1) is 19.6. The number of rotatable bonds is 5. The van der Waals surface area contributed by atoms with Crippen LogP contribution in [0.15, 0.2) is 54.3 Å². The minimum Gasteiger partial charge on any atom is -0.404 e. The van der Waals surface area contributed by atoms with Gasteiger partial charge in [0, 0.05) is 43.0 Å². The van der Waals surface area contributed by atoms with Crippen molar-refractivity contribution in [3.8, 4) is 11.5 Å². The van der Waals surface area contributed by atoms with Gasteiger partial charge in [-0.15, -0.1) is 0 Å². The van der Waals surface area contributed by atoms with Crippen LogP contribution in [-0.2, 0) is 0 Å². The number of halogens is 2. The number of nitrogens with zero attached hydrogens (tertiary/aromatic N) is 6. The van der Waals surface area contributed by atoms with Crippen LogP contribution in [-0.4, -0.2) is 43.1 Å². The van der Waals surface area contributed by atoms with E-state index in [0.717, 1.165) is 18.5 Å². The van der Waals surface area contributed by atoms with Crippen molar-refractivity contribution in [3.05, 3.63) is 60.0 Å². The van der Waals surface area contributed by atoms with Crippen molar-refractivity contribution in [2.75, 3.05) is 18.0 Å². The zero-order valence-corrected chi connectivity index (χ0v) is 16.3. The summed E-state index contributed by atoms with van der Waals surface area (Å²) in [4.78, 5) is 19.0. The zero-order chi connectivity index (χ0) is 21.3. The molecule has 3 N–H and O–H groups in total. The molecule has 0 atom stereocenters. The first-order valence-corrected chi connectivity index (χ1v) is 9.34. The quantitative estimate of drug-likeness (QED) is 0.626. The molecule has 0 amide bonds. The minimum absolute atomic E-state index is 0.341. The summed E-state index contributed by atoms with van der Waals surface area (Å²) in [5.74, 6) is 1.07. The van der Waals surface area contributed by atoms with Crippen LogP contribution in [0, 0.1) is 5.41 Å². The number of nitrogens with two attached hydrogens (primary N) is 1. The molecule has 3 aromatic rings. The second kappa shape index (κ2) is 7.97. The summed E-state index contributed by atoms with van der Waals surface area (Å²) in [6, 6.07) is 1.80. The molecule has 0 bridgehead atoms. The lowest BCUT2D eigenvalue weighted by Crippen LogP contribution is -2.32. The van der Waals surface area contributed by atoms with E-state index in [0.29, 0.717) is 40.8 Å². The molecule has 1 aliphatic heterocycles. The minimum atomic E-state index is -2.68. The summed E-state index contributed by atoms with van der Waals surface area (Å²) < 4.78 is 27.6. The third kappa shape index (κ3) is 3.63. The molecule has 154 valence electrons. The maximum Gasteiger partial charge on any atom is 0.281 e. The molecule has 0 unspecified atom stereocenters. The molecule has 0 saturated heterocycles. The van der Waals surface area contributed by atoms with E-state index in [4.69, 9.17) is 11.1 Å². The number of alkyl halides is 2. The van der Waals surface area contributed by atoms with Crippen LogP contribution in [0.4, 0.5) is 14.6 Å². The molecule has 10 heteroatoms. The number of anilines is 1. The van der Waals surface area contributed by atoms with Crippen LogP contribution in [0.1, 0.15) is 25.5 Å². The first-order valence-electron chi connectivity index (χ1n) is 9.34. The monoisotopic (exact) mass is 410 g/mol. The predicted octanol–water partition coefficient (Wildman–Crippen LogP) is 3.14. The Morgan fingerprint density at radius 3 is 2.83 bits per heavy atom. The van der Waals surface area contributed by atoms with Crippen molar-refractivity contribution in [2.24, 2.45) is 5.73 Å². The fourth-order valence-electron chi connectivity index (χ4n) is 3.44. The highest BCUT2D eigenvalue weighted by molar-refractivity contribution is 6.00. The molecule has 0 aliphatic carbocycles. The van der Waals surface area contributed by atoms with Gasteiger partial charge >= 0.3 is 0 Å². The van der Waals surface area contributed by atoms with Crippen molar-refractivity contribution in [2.45, 2.75) is 19.8 Å². The van der Waals surface area contributed by atoms with Crippen molar-refractivity contribution in [1.29, 1.82) is 5.41 Å². The van der Waals surface area contributed by atoms with E-state index < -0.39 is 6.43 Å². The van der Waals surface area contributed by atoms with Crippen LogP contribution >= 0.6 is 0 Å². The first-order chi connectivity index (χ1) is 14.5. The van der Waals surface area contributed by atoms with E-state index in [1.54, 1.807) is 25.4 Å². The fourth-order valence-corrected chi connectivity index (χ4v) is 3.44. The molecular weight excluding hydrogens is 390 g/mol. The van der Waals surface area contributed by atoms with Crippen LogP contribution in [0.3, 0.4) is 0 Å². The summed E-state index contributed by atoms with van der Waals surface area (Å²) in [6.45, 7) is 3.01. The number of nitrogens with one attached hydrogen (secondary N) is 1. The van der Waals surface area contributed by atoms with Gasteiger partial charge in [-0.05, 0) is 25.0 Å². The second-order valence-electron chi connectivity index (χ2n) is 6.87. The molecule has 0 radical (unpaired) electrons. The van der Waals surface area contributed by atoms with Gasteiger partial charge in [0.05, 0.1) is 12.4 Å². The van der Waals surface area contributed by atoms with Gasteiger partial charge in [0.2, 0.25) is 0 Å². The summed E-state index contributed by atoms with van der Waals surface area (Å²) >= 11 is 0. The van der Waals surface area contributed by atoms with Crippen molar-refractivity contribution in [1.82, 2.24) is 24.3 Å². The Labute approximate surface area is 171 Å². The highest BCUT2D eigenvalue weighted by Crippen LogP contribution is 2.25. The van der Waals surface area contributed by atoms with Crippen LogP contribution in [0.5, 0.6) is 0 Å². The highest BCUT2D eigenvalue weighted by Gasteiger charge is 2.20. The van der Waals surface area contributed by atoms with Gasteiger partial charge in [-0.1, -0.05) is 6.08 Å². The lowest BCUT2D eigenvalue weighted by atomic mass is 9.98. The molecule has 8 nitrogen and oxygen atoms in total. The molecule has 0 aromatic carbocycles. The summed E-state index contributed by atoms with van der Waals surface area (Å²) in [6.07, 6.45) is 7.37. The predicted molar refractivity (Wildman–Crippen MR) is 110 cm³/mol. The van der Waals surface area contributed by atoms with E-state index in [1.165, 1.54) is 23.0 Å². The number of fused-ring (bicyclic) bond motifs is 1. The van der Waals surface area contributed by atoms with Gasteiger partial charge in [-0.3, -0.25) is 4.40 Å². The molecular formula is C20H20F2N8. The van der Waals surface area contributed by atoms with Crippen molar-refractivity contribution >= 4 is 17.2 Å².